The summed E-state index contributed by atoms with van der Waals surface area (Å²) in [4.78, 5) is 0. The zero-order chi connectivity index (χ0) is 14.9. The third-order valence-corrected chi connectivity index (χ3v) is 8.01. The molecule has 21 heavy (non-hydrogen) atoms. The molecule has 6 heteroatoms. The first-order valence-electron chi connectivity index (χ1n) is 8.49. The van der Waals surface area contributed by atoms with Gasteiger partial charge in [-0.2, -0.15) is 17.0 Å². The van der Waals surface area contributed by atoms with Crippen LogP contribution in [-0.4, -0.2) is 48.1 Å². The largest absolute Gasteiger partial charge is 0.282 e. The molecule has 1 aliphatic carbocycles. The van der Waals surface area contributed by atoms with Crippen molar-refractivity contribution in [3.8, 4) is 0 Å². The Labute approximate surface area is 134 Å². The fraction of sp³-hybridized carbons (Fsp3) is 1.00. The van der Waals surface area contributed by atoms with Gasteiger partial charge < -0.3 is 0 Å². The molecule has 0 radical (unpaired) electrons. The maximum atomic E-state index is 13.1. The molecule has 3 fully saturated rings. The van der Waals surface area contributed by atoms with E-state index in [4.69, 9.17) is 11.6 Å². The highest BCUT2D eigenvalue weighted by Crippen LogP contribution is 2.38. The lowest BCUT2D eigenvalue weighted by molar-refractivity contribution is 0.223. The minimum Gasteiger partial charge on any atom is -0.195 e. The van der Waals surface area contributed by atoms with Crippen LogP contribution in [0.15, 0.2) is 0 Å². The van der Waals surface area contributed by atoms with Gasteiger partial charge in [0, 0.05) is 31.1 Å². The Morgan fingerprint density at radius 1 is 0.857 bits per heavy atom. The summed E-state index contributed by atoms with van der Waals surface area (Å²) in [5.41, 5.74) is 0. The summed E-state index contributed by atoms with van der Waals surface area (Å²) in [6.45, 7) is 1.35. The fourth-order valence-corrected chi connectivity index (χ4v) is 7.00. The van der Waals surface area contributed by atoms with Crippen LogP contribution >= 0.6 is 11.6 Å². The Hall–Kier alpha value is 0.160. The van der Waals surface area contributed by atoms with Gasteiger partial charge in [0.2, 0.25) is 0 Å². The minimum atomic E-state index is -3.33. The van der Waals surface area contributed by atoms with Gasteiger partial charge >= 0.3 is 0 Å². The zero-order valence-electron chi connectivity index (χ0n) is 12.7. The molecule has 0 aromatic heterocycles. The second kappa shape index (κ2) is 6.73. The van der Waals surface area contributed by atoms with Crippen LogP contribution in [-0.2, 0) is 10.2 Å². The Balaban J connectivity index is 1.79. The van der Waals surface area contributed by atoms with E-state index >= 15 is 0 Å². The zero-order valence-corrected chi connectivity index (χ0v) is 14.3. The number of piperidine rings is 1. The van der Waals surface area contributed by atoms with Crippen LogP contribution in [0.25, 0.3) is 0 Å². The molecule has 1 saturated carbocycles. The number of rotatable bonds is 4. The standard InChI is InChI=1S/C15H27ClN2O2S/c16-12-14-8-3-4-10-17(14)21(19,20)18-11-5-9-15(18)13-6-1-2-7-13/h13-15H,1-12H2. The van der Waals surface area contributed by atoms with Crippen molar-refractivity contribution in [3.63, 3.8) is 0 Å². The molecular weight excluding hydrogens is 308 g/mol. The van der Waals surface area contributed by atoms with Gasteiger partial charge in [0.25, 0.3) is 10.2 Å². The fourth-order valence-electron chi connectivity index (χ4n) is 4.43. The van der Waals surface area contributed by atoms with Gasteiger partial charge in [0.1, 0.15) is 0 Å². The molecule has 2 atom stereocenters. The first kappa shape index (κ1) is 16.0. The summed E-state index contributed by atoms with van der Waals surface area (Å²) in [6.07, 6.45) is 9.97. The van der Waals surface area contributed by atoms with Crippen molar-refractivity contribution < 1.29 is 8.42 Å². The van der Waals surface area contributed by atoms with Gasteiger partial charge in [0.15, 0.2) is 0 Å². The maximum Gasteiger partial charge on any atom is 0.282 e. The van der Waals surface area contributed by atoms with Crippen molar-refractivity contribution in [2.24, 2.45) is 5.92 Å². The summed E-state index contributed by atoms with van der Waals surface area (Å²) in [5, 5.41) is 0. The minimum absolute atomic E-state index is 0.00440. The van der Waals surface area contributed by atoms with Crippen LogP contribution in [0.4, 0.5) is 0 Å². The maximum absolute atomic E-state index is 13.1. The normalized spacial score (nSPS) is 33.8. The van der Waals surface area contributed by atoms with E-state index < -0.39 is 10.2 Å². The van der Waals surface area contributed by atoms with E-state index in [0.29, 0.717) is 24.9 Å². The van der Waals surface area contributed by atoms with Gasteiger partial charge in [-0.05, 0) is 44.4 Å². The topological polar surface area (TPSA) is 40.6 Å². The van der Waals surface area contributed by atoms with E-state index in [0.717, 1.165) is 32.1 Å². The lowest BCUT2D eigenvalue weighted by Crippen LogP contribution is -2.53. The second-order valence-electron chi connectivity index (χ2n) is 6.79. The van der Waals surface area contributed by atoms with Crippen molar-refractivity contribution in [2.45, 2.75) is 69.9 Å². The molecule has 2 unspecified atom stereocenters. The number of hydrogen-bond donors (Lipinski definition) is 0. The average Bonchev–Trinajstić information content (AvgIpc) is 3.17. The van der Waals surface area contributed by atoms with Crippen LogP contribution in [0.1, 0.15) is 57.8 Å². The van der Waals surface area contributed by atoms with Crippen LogP contribution < -0.4 is 0 Å². The van der Waals surface area contributed by atoms with Crippen molar-refractivity contribution in [2.75, 3.05) is 19.0 Å². The number of halogens is 1. The molecule has 0 N–H and O–H groups in total. The molecule has 2 heterocycles. The Kier molecular flexibility index (Phi) is 5.14. The van der Waals surface area contributed by atoms with Crippen molar-refractivity contribution in [1.82, 2.24) is 8.61 Å². The molecule has 4 nitrogen and oxygen atoms in total. The van der Waals surface area contributed by atoms with Gasteiger partial charge in [-0.3, -0.25) is 0 Å². The van der Waals surface area contributed by atoms with E-state index in [1.165, 1.54) is 25.7 Å². The molecule has 0 aromatic carbocycles. The first-order valence-corrected chi connectivity index (χ1v) is 10.4. The smallest absolute Gasteiger partial charge is 0.195 e. The van der Waals surface area contributed by atoms with E-state index in [1.54, 1.807) is 4.31 Å². The summed E-state index contributed by atoms with van der Waals surface area (Å²) in [7, 11) is -3.33. The summed E-state index contributed by atoms with van der Waals surface area (Å²) < 4.78 is 29.8. The number of hydrogen-bond acceptors (Lipinski definition) is 2. The summed E-state index contributed by atoms with van der Waals surface area (Å²) in [6, 6.07) is 0.241. The predicted octanol–water partition coefficient (Wildman–Crippen LogP) is 2.98. The second-order valence-corrected chi connectivity index (χ2v) is 8.93. The molecule has 0 spiro atoms. The summed E-state index contributed by atoms with van der Waals surface area (Å²) >= 11 is 6.03. The molecule has 122 valence electrons. The molecular formula is C15H27ClN2O2S. The van der Waals surface area contributed by atoms with Crippen LogP contribution in [0.2, 0.25) is 0 Å². The third kappa shape index (κ3) is 3.12. The van der Waals surface area contributed by atoms with E-state index in [2.05, 4.69) is 0 Å². The molecule has 2 saturated heterocycles. The van der Waals surface area contributed by atoms with Gasteiger partial charge in [0.05, 0.1) is 0 Å². The Bertz CT molecular complexity index is 451. The molecule has 0 bridgehead atoms. The quantitative estimate of drug-likeness (QED) is 0.741. The third-order valence-electron chi connectivity index (χ3n) is 5.54. The molecule has 3 rings (SSSR count). The molecule has 0 amide bonds. The van der Waals surface area contributed by atoms with Crippen LogP contribution in [0, 0.1) is 5.92 Å². The van der Waals surface area contributed by atoms with Gasteiger partial charge in [-0.15, -0.1) is 11.6 Å². The van der Waals surface area contributed by atoms with Crippen molar-refractivity contribution >= 4 is 21.8 Å². The lowest BCUT2D eigenvalue weighted by Gasteiger charge is -2.39. The highest BCUT2D eigenvalue weighted by atomic mass is 35.5. The first-order chi connectivity index (χ1) is 10.1. The van der Waals surface area contributed by atoms with Gasteiger partial charge in [-0.1, -0.05) is 19.3 Å². The number of nitrogens with zero attached hydrogens (tertiary/aromatic N) is 2. The Morgan fingerprint density at radius 3 is 2.24 bits per heavy atom. The van der Waals surface area contributed by atoms with E-state index in [9.17, 15) is 8.42 Å². The lowest BCUT2D eigenvalue weighted by atomic mass is 9.97. The van der Waals surface area contributed by atoms with E-state index in [-0.39, 0.29) is 12.1 Å². The highest BCUT2D eigenvalue weighted by Gasteiger charge is 2.44. The van der Waals surface area contributed by atoms with Crippen molar-refractivity contribution in [3.05, 3.63) is 0 Å². The van der Waals surface area contributed by atoms with Crippen molar-refractivity contribution in [1.29, 1.82) is 0 Å². The molecule has 0 aromatic rings. The van der Waals surface area contributed by atoms with E-state index in [1.807, 2.05) is 4.31 Å². The summed E-state index contributed by atoms with van der Waals surface area (Å²) in [5.74, 6) is 1.00. The van der Waals surface area contributed by atoms with Crippen LogP contribution in [0.5, 0.6) is 0 Å². The molecule has 3 aliphatic rings. The SMILES string of the molecule is O=S(=O)(N1CCCCC1CCl)N1CCCC1C1CCCC1. The van der Waals surface area contributed by atoms with Gasteiger partial charge in [-0.25, -0.2) is 0 Å². The average molecular weight is 335 g/mol. The van der Waals surface area contributed by atoms with Crippen LogP contribution in [0.3, 0.4) is 0 Å². The molecule has 2 aliphatic heterocycles. The monoisotopic (exact) mass is 334 g/mol. The Morgan fingerprint density at radius 2 is 1.52 bits per heavy atom. The highest BCUT2D eigenvalue weighted by molar-refractivity contribution is 7.86. The predicted molar refractivity (Wildman–Crippen MR) is 85.7 cm³/mol. The number of alkyl halides is 1.